The maximum atomic E-state index is 6.10. The van der Waals surface area contributed by atoms with E-state index < -0.39 is 8.07 Å². The summed E-state index contributed by atoms with van der Waals surface area (Å²) in [5, 5.41) is 5.70. The monoisotopic (exact) mass is 384 g/mol. The Hall–Kier alpha value is -2.08. The quantitative estimate of drug-likeness (QED) is 0.493. The highest BCUT2D eigenvalue weighted by atomic mass is 28.3. The normalized spacial score (nSPS) is 13.3. The fraction of sp³-hybridized carbons (Fsp3) is 0.524. The van der Waals surface area contributed by atoms with Crippen molar-refractivity contribution < 1.29 is 4.84 Å². The Kier molecular flexibility index (Phi) is 5.74. The predicted molar refractivity (Wildman–Crippen MR) is 115 cm³/mol. The lowest BCUT2D eigenvalue weighted by Crippen LogP contribution is -2.25. The molecule has 3 heterocycles. The van der Waals surface area contributed by atoms with Crippen LogP contribution in [0.2, 0.25) is 25.7 Å². The third kappa shape index (κ3) is 4.43. The molecule has 5 nitrogen and oxygen atoms in total. The maximum Gasteiger partial charge on any atom is 0.176 e. The fourth-order valence-electron chi connectivity index (χ4n) is 3.33. The molecule has 0 saturated carbocycles. The zero-order valence-electron chi connectivity index (χ0n) is 17.5. The summed E-state index contributed by atoms with van der Waals surface area (Å²) in [6.45, 7) is 14.3. The minimum absolute atomic E-state index is 0.414. The maximum absolute atomic E-state index is 6.10. The molecule has 0 aliphatic rings. The van der Waals surface area contributed by atoms with Crippen LogP contribution in [0.5, 0.6) is 0 Å². The van der Waals surface area contributed by atoms with Gasteiger partial charge >= 0.3 is 0 Å². The van der Waals surface area contributed by atoms with Crippen molar-refractivity contribution in [1.82, 2.24) is 19.5 Å². The van der Waals surface area contributed by atoms with Crippen molar-refractivity contribution in [3.8, 4) is 11.1 Å². The smallest absolute Gasteiger partial charge is 0.176 e. The van der Waals surface area contributed by atoms with Crippen molar-refractivity contribution in [1.29, 1.82) is 0 Å². The molecule has 3 aromatic rings. The molecule has 6 heteroatoms. The first-order valence-electron chi connectivity index (χ1n) is 9.95. The average molecular weight is 385 g/mol. The highest BCUT2D eigenvalue weighted by Crippen LogP contribution is 2.30. The number of aromatic nitrogens is 4. The summed E-state index contributed by atoms with van der Waals surface area (Å²) in [5.74, 6) is 0. The number of pyridine rings is 1. The molecule has 0 saturated heterocycles. The standard InChI is InChI=1S/C21H32N4OSi/c1-7-8-16(2)24-15-18(14-23-24)19-9-10-22-21-20(19)13-17(3)25(21)26-11-12-27(4,5)6/h9-10,13-16H,7-8,11-12H2,1-6H3. The number of hydrogen-bond acceptors (Lipinski definition) is 3. The van der Waals surface area contributed by atoms with E-state index in [1.54, 1.807) is 0 Å². The molecule has 0 radical (unpaired) electrons. The molecule has 1 unspecified atom stereocenters. The summed E-state index contributed by atoms with van der Waals surface area (Å²) >= 11 is 0. The number of fused-ring (bicyclic) bond motifs is 1. The van der Waals surface area contributed by atoms with E-state index in [1.165, 1.54) is 0 Å². The van der Waals surface area contributed by atoms with Crippen LogP contribution in [-0.4, -0.2) is 34.2 Å². The van der Waals surface area contributed by atoms with Gasteiger partial charge in [-0.1, -0.05) is 33.0 Å². The molecule has 27 heavy (non-hydrogen) atoms. The number of rotatable bonds is 8. The van der Waals surface area contributed by atoms with Crippen LogP contribution in [0.1, 0.15) is 38.4 Å². The van der Waals surface area contributed by atoms with Gasteiger partial charge in [0.05, 0.1) is 11.9 Å². The Labute approximate surface area is 163 Å². The second-order valence-corrected chi connectivity index (χ2v) is 14.3. The fourth-order valence-corrected chi connectivity index (χ4v) is 4.03. The molecule has 0 aliphatic carbocycles. The summed E-state index contributed by atoms with van der Waals surface area (Å²) in [4.78, 5) is 10.7. The highest BCUT2D eigenvalue weighted by Gasteiger charge is 2.17. The first kappa shape index (κ1) is 19.7. The van der Waals surface area contributed by atoms with Crippen molar-refractivity contribution in [2.75, 3.05) is 6.61 Å². The largest absolute Gasteiger partial charge is 0.412 e. The Morgan fingerprint density at radius 2 is 2.04 bits per heavy atom. The van der Waals surface area contributed by atoms with E-state index >= 15 is 0 Å². The zero-order chi connectivity index (χ0) is 19.6. The van der Waals surface area contributed by atoms with E-state index in [-0.39, 0.29) is 0 Å². The number of aryl methyl sites for hydroxylation is 1. The Morgan fingerprint density at radius 1 is 1.26 bits per heavy atom. The van der Waals surface area contributed by atoms with Crippen LogP contribution in [0, 0.1) is 6.92 Å². The number of hydrogen-bond donors (Lipinski definition) is 0. The second kappa shape index (κ2) is 7.88. The third-order valence-corrected chi connectivity index (χ3v) is 6.68. The SMILES string of the molecule is CCCC(C)n1cc(-c2ccnc3c2cc(C)n3OCC[Si](C)(C)C)cn1. The molecule has 0 spiro atoms. The summed E-state index contributed by atoms with van der Waals surface area (Å²) in [5.41, 5.74) is 4.25. The van der Waals surface area contributed by atoms with Gasteiger partial charge in [-0.3, -0.25) is 4.68 Å². The summed E-state index contributed by atoms with van der Waals surface area (Å²) in [7, 11) is -1.12. The molecule has 0 fully saturated rings. The van der Waals surface area contributed by atoms with Crippen LogP contribution in [0.25, 0.3) is 22.2 Å². The highest BCUT2D eigenvalue weighted by molar-refractivity contribution is 6.76. The molecule has 0 bridgehead atoms. The van der Waals surface area contributed by atoms with Crippen molar-refractivity contribution in [3.05, 3.63) is 36.4 Å². The molecule has 3 rings (SSSR count). The van der Waals surface area contributed by atoms with Crippen molar-refractivity contribution in [2.45, 2.75) is 65.3 Å². The van der Waals surface area contributed by atoms with Crippen molar-refractivity contribution >= 4 is 19.1 Å². The Balaban J connectivity index is 1.91. The van der Waals surface area contributed by atoms with E-state index in [4.69, 9.17) is 4.84 Å². The lowest BCUT2D eigenvalue weighted by Gasteiger charge is -2.17. The van der Waals surface area contributed by atoms with Gasteiger partial charge in [0, 0.05) is 37.5 Å². The Morgan fingerprint density at radius 3 is 2.74 bits per heavy atom. The van der Waals surface area contributed by atoms with Crippen LogP contribution in [0.3, 0.4) is 0 Å². The Bertz CT molecular complexity index is 907. The van der Waals surface area contributed by atoms with Crippen LogP contribution >= 0.6 is 0 Å². The molecule has 0 N–H and O–H groups in total. The van der Waals surface area contributed by atoms with Crippen molar-refractivity contribution in [2.24, 2.45) is 0 Å². The minimum Gasteiger partial charge on any atom is -0.412 e. The molecule has 3 aromatic heterocycles. The molecular formula is C21H32N4OSi. The van der Waals surface area contributed by atoms with E-state index in [0.717, 1.165) is 53.3 Å². The van der Waals surface area contributed by atoms with Gasteiger partial charge in [0.25, 0.3) is 0 Å². The van der Waals surface area contributed by atoms with E-state index in [2.05, 4.69) is 73.5 Å². The summed E-state index contributed by atoms with van der Waals surface area (Å²) in [6, 6.07) is 5.78. The van der Waals surface area contributed by atoms with Gasteiger partial charge in [-0.2, -0.15) is 9.83 Å². The van der Waals surface area contributed by atoms with Gasteiger partial charge < -0.3 is 4.84 Å². The van der Waals surface area contributed by atoms with E-state index in [1.807, 2.05) is 17.1 Å². The first-order valence-corrected chi connectivity index (χ1v) is 13.7. The summed E-state index contributed by atoms with van der Waals surface area (Å²) in [6.07, 6.45) is 8.26. The molecule has 1 atom stereocenters. The van der Waals surface area contributed by atoms with E-state index in [9.17, 15) is 0 Å². The van der Waals surface area contributed by atoms with Crippen LogP contribution in [0.4, 0.5) is 0 Å². The van der Waals surface area contributed by atoms with Crippen LogP contribution in [-0.2, 0) is 0 Å². The third-order valence-electron chi connectivity index (χ3n) is 4.98. The minimum atomic E-state index is -1.12. The molecule has 0 amide bonds. The molecule has 0 aliphatic heterocycles. The number of nitrogens with zero attached hydrogens (tertiary/aromatic N) is 4. The lowest BCUT2D eigenvalue weighted by atomic mass is 10.1. The van der Waals surface area contributed by atoms with Crippen molar-refractivity contribution in [3.63, 3.8) is 0 Å². The molecule has 0 aromatic carbocycles. The predicted octanol–water partition coefficient (Wildman–Crippen LogP) is 5.34. The van der Waals surface area contributed by atoms with Gasteiger partial charge in [0.1, 0.15) is 6.61 Å². The lowest BCUT2D eigenvalue weighted by molar-refractivity contribution is 0.126. The molecule has 146 valence electrons. The van der Waals surface area contributed by atoms with Crippen LogP contribution in [0.15, 0.2) is 30.7 Å². The van der Waals surface area contributed by atoms with E-state index in [0.29, 0.717) is 6.04 Å². The zero-order valence-corrected chi connectivity index (χ0v) is 18.5. The first-order chi connectivity index (χ1) is 12.8. The van der Waals surface area contributed by atoms with Gasteiger partial charge in [-0.25, -0.2) is 4.98 Å². The summed E-state index contributed by atoms with van der Waals surface area (Å²) < 4.78 is 3.96. The van der Waals surface area contributed by atoms with Gasteiger partial charge in [0.2, 0.25) is 0 Å². The van der Waals surface area contributed by atoms with Gasteiger partial charge in [-0.15, -0.1) is 0 Å². The van der Waals surface area contributed by atoms with Crippen LogP contribution < -0.4 is 4.84 Å². The molecular weight excluding hydrogens is 352 g/mol. The van der Waals surface area contributed by atoms with Gasteiger partial charge in [0.15, 0.2) is 5.65 Å². The average Bonchev–Trinajstić information content (AvgIpc) is 3.19. The van der Waals surface area contributed by atoms with Gasteiger partial charge in [-0.05, 0) is 44.0 Å². The second-order valence-electron chi connectivity index (χ2n) is 8.67. The topological polar surface area (TPSA) is 44.9 Å².